The van der Waals surface area contributed by atoms with E-state index in [2.05, 4.69) is 4.98 Å². The third kappa shape index (κ3) is 4.17. The van der Waals surface area contributed by atoms with E-state index in [0.29, 0.717) is 22.6 Å². The lowest BCUT2D eigenvalue weighted by Crippen LogP contribution is -2.29. The Bertz CT molecular complexity index is 1220. The number of nitrogens with zero attached hydrogens (tertiary/aromatic N) is 2. The summed E-state index contributed by atoms with van der Waals surface area (Å²) in [5.74, 6) is -0.674. The van der Waals surface area contributed by atoms with Crippen molar-refractivity contribution in [2.24, 2.45) is 0 Å². The van der Waals surface area contributed by atoms with Gasteiger partial charge in [-0.2, -0.15) is 0 Å². The number of ketones is 1. The van der Waals surface area contributed by atoms with Gasteiger partial charge in [0.15, 0.2) is 11.5 Å². The van der Waals surface area contributed by atoms with Crippen molar-refractivity contribution in [1.29, 1.82) is 0 Å². The van der Waals surface area contributed by atoms with Crippen LogP contribution in [0.2, 0.25) is 0 Å². The number of Topliss-reactive ketones (excluding diaryl/α,β-unsaturated/α-hetero) is 1. The van der Waals surface area contributed by atoms with Crippen LogP contribution in [0.1, 0.15) is 28.3 Å². The molecule has 3 aromatic rings. The molecule has 7 nitrogen and oxygen atoms in total. The molecule has 1 amide bonds. The Labute approximate surface area is 191 Å². The van der Waals surface area contributed by atoms with Crippen LogP contribution in [0, 0.1) is 6.92 Å². The standard InChI is InChI=1S/C26H24N2O5/c1-16-6-8-18(9-7-16)24(29)22-23(19-10-11-20(32-2)21(13-19)33-3)28(26(31)25(22)30)15-17-5-4-12-27-14-17/h4-14,23,29H,15H2,1-3H3. The van der Waals surface area contributed by atoms with Crippen LogP contribution >= 0.6 is 0 Å². The number of ether oxygens (including phenoxy) is 2. The van der Waals surface area contributed by atoms with Crippen molar-refractivity contribution in [3.05, 3.63) is 94.8 Å². The topological polar surface area (TPSA) is 89.0 Å². The Hall–Kier alpha value is -4.13. The first-order valence-electron chi connectivity index (χ1n) is 10.4. The number of hydrogen-bond acceptors (Lipinski definition) is 6. The Kier molecular flexibility index (Phi) is 6.13. The van der Waals surface area contributed by atoms with Crippen LogP contribution < -0.4 is 9.47 Å². The average Bonchev–Trinajstić information content (AvgIpc) is 3.09. The maximum Gasteiger partial charge on any atom is 0.295 e. The maximum absolute atomic E-state index is 13.2. The number of aryl methyl sites for hydroxylation is 1. The highest BCUT2D eigenvalue weighted by Crippen LogP contribution is 2.42. The number of aliphatic hydroxyl groups is 1. The molecule has 4 rings (SSSR count). The Balaban J connectivity index is 1.89. The lowest BCUT2D eigenvalue weighted by Gasteiger charge is -2.26. The normalized spacial score (nSPS) is 17.3. The van der Waals surface area contributed by atoms with Crippen molar-refractivity contribution in [2.75, 3.05) is 14.2 Å². The number of rotatable bonds is 6. The lowest BCUT2D eigenvalue weighted by molar-refractivity contribution is -0.140. The first kappa shape index (κ1) is 22.1. The Morgan fingerprint density at radius 2 is 1.76 bits per heavy atom. The number of aromatic nitrogens is 1. The van der Waals surface area contributed by atoms with E-state index in [-0.39, 0.29) is 17.9 Å². The molecular formula is C26H24N2O5. The zero-order chi connectivity index (χ0) is 23.5. The van der Waals surface area contributed by atoms with Gasteiger partial charge in [0.25, 0.3) is 11.7 Å². The molecular weight excluding hydrogens is 420 g/mol. The highest BCUT2D eigenvalue weighted by molar-refractivity contribution is 6.46. The predicted octanol–water partition coefficient (Wildman–Crippen LogP) is 4.03. The first-order valence-corrected chi connectivity index (χ1v) is 10.4. The molecule has 0 saturated carbocycles. The van der Waals surface area contributed by atoms with Crippen LogP contribution in [0.3, 0.4) is 0 Å². The lowest BCUT2D eigenvalue weighted by atomic mass is 9.94. The molecule has 1 atom stereocenters. The third-order valence-corrected chi connectivity index (χ3v) is 5.66. The molecule has 1 fully saturated rings. The molecule has 1 N–H and O–H groups in total. The number of amides is 1. The summed E-state index contributed by atoms with van der Waals surface area (Å²) in [6.07, 6.45) is 3.28. The van der Waals surface area contributed by atoms with Crippen LogP contribution in [0.15, 0.2) is 72.6 Å². The van der Waals surface area contributed by atoms with Crippen LogP contribution in [-0.4, -0.2) is 40.9 Å². The molecule has 1 saturated heterocycles. The van der Waals surface area contributed by atoms with Crippen LogP contribution in [0.25, 0.3) is 5.76 Å². The first-order chi connectivity index (χ1) is 15.9. The number of carbonyl (C=O) groups is 2. The summed E-state index contributed by atoms with van der Waals surface area (Å²) in [5, 5.41) is 11.2. The highest BCUT2D eigenvalue weighted by atomic mass is 16.5. The fraction of sp³-hybridized carbons (Fsp3) is 0.192. The quantitative estimate of drug-likeness (QED) is 0.351. The highest BCUT2D eigenvalue weighted by Gasteiger charge is 2.46. The molecule has 1 aromatic heterocycles. The van der Waals surface area contributed by atoms with E-state index in [1.165, 1.54) is 19.1 Å². The zero-order valence-corrected chi connectivity index (χ0v) is 18.6. The summed E-state index contributed by atoms with van der Waals surface area (Å²) < 4.78 is 10.8. The van der Waals surface area contributed by atoms with Crippen molar-refractivity contribution in [1.82, 2.24) is 9.88 Å². The second kappa shape index (κ2) is 9.16. The van der Waals surface area contributed by atoms with Gasteiger partial charge in [-0.3, -0.25) is 14.6 Å². The summed E-state index contributed by atoms with van der Waals surface area (Å²) >= 11 is 0. The van der Waals surface area contributed by atoms with Gasteiger partial charge >= 0.3 is 0 Å². The van der Waals surface area contributed by atoms with E-state index in [1.54, 1.807) is 48.8 Å². The fourth-order valence-corrected chi connectivity index (χ4v) is 3.97. The summed E-state index contributed by atoms with van der Waals surface area (Å²) in [6, 6.07) is 15.1. The second-order valence-corrected chi connectivity index (χ2v) is 7.77. The smallest absolute Gasteiger partial charge is 0.295 e. The molecule has 168 valence electrons. The van der Waals surface area contributed by atoms with E-state index < -0.39 is 17.7 Å². The summed E-state index contributed by atoms with van der Waals surface area (Å²) in [4.78, 5) is 31.8. The van der Waals surface area contributed by atoms with E-state index in [1.807, 2.05) is 25.1 Å². The predicted molar refractivity (Wildman–Crippen MR) is 123 cm³/mol. The SMILES string of the molecule is COc1ccc(C2C(=C(O)c3ccc(C)cc3)C(=O)C(=O)N2Cc2cccnc2)cc1OC. The number of hydrogen-bond donors (Lipinski definition) is 1. The van der Waals surface area contributed by atoms with Gasteiger partial charge in [-0.15, -0.1) is 0 Å². The van der Waals surface area contributed by atoms with E-state index in [0.717, 1.165) is 11.1 Å². The molecule has 1 unspecified atom stereocenters. The number of likely N-dealkylation sites (tertiary alicyclic amines) is 1. The van der Waals surface area contributed by atoms with Gasteiger partial charge in [0.1, 0.15) is 5.76 Å². The van der Waals surface area contributed by atoms with E-state index in [4.69, 9.17) is 9.47 Å². The van der Waals surface area contributed by atoms with Crippen LogP contribution in [0.5, 0.6) is 11.5 Å². The van der Waals surface area contributed by atoms with Crippen molar-refractivity contribution >= 4 is 17.4 Å². The van der Waals surface area contributed by atoms with Gasteiger partial charge in [0, 0.05) is 24.5 Å². The number of aliphatic hydroxyl groups excluding tert-OH is 1. The van der Waals surface area contributed by atoms with Crippen LogP contribution in [-0.2, 0) is 16.1 Å². The van der Waals surface area contributed by atoms with Gasteiger partial charge in [-0.25, -0.2) is 0 Å². The summed E-state index contributed by atoms with van der Waals surface area (Å²) in [5.41, 5.74) is 2.88. The van der Waals surface area contributed by atoms with Gasteiger partial charge in [-0.1, -0.05) is 42.0 Å². The fourth-order valence-electron chi connectivity index (χ4n) is 3.97. The van der Waals surface area contributed by atoms with E-state index in [9.17, 15) is 14.7 Å². The average molecular weight is 444 g/mol. The molecule has 33 heavy (non-hydrogen) atoms. The van der Waals surface area contributed by atoms with Gasteiger partial charge in [0.2, 0.25) is 0 Å². The summed E-state index contributed by atoms with van der Waals surface area (Å²) in [6.45, 7) is 2.09. The van der Waals surface area contributed by atoms with Crippen molar-refractivity contribution in [3.8, 4) is 11.5 Å². The van der Waals surface area contributed by atoms with Gasteiger partial charge < -0.3 is 19.5 Å². The molecule has 1 aliphatic rings. The molecule has 0 radical (unpaired) electrons. The minimum absolute atomic E-state index is 0.0277. The second-order valence-electron chi connectivity index (χ2n) is 7.77. The molecule has 2 aromatic carbocycles. The van der Waals surface area contributed by atoms with Gasteiger partial charge in [-0.05, 0) is 36.2 Å². The number of benzene rings is 2. The number of carbonyl (C=O) groups excluding carboxylic acids is 2. The monoisotopic (exact) mass is 444 g/mol. The molecule has 0 bridgehead atoms. The van der Waals surface area contributed by atoms with Gasteiger partial charge in [0.05, 0.1) is 25.8 Å². The van der Waals surface area contributed by atoms with Crippen molar-refractivity contribution in [2.45, 2.75) is 19.5 Å². The third-order valence-electron chi connectivity index (χ3n) is 5.66. The number of methoxy groups -OCH3 is 2. The Morgan fingerprint density at radius 3 is 2.39 bits per heavy atom. The zero-order valence-electron chi connectivity index (χ0n) is 18.6. The molecule has 0 spiro atoms. The minimum Gasteiger partial charge on any atom is -0.507 e. The molecule has 7 heteroatoms. The summed E-state index contributed by atoms with van der Waals surface area (Å²) in [7, 11) is 3.05. The largest absolute Gasteiger partial charge is 0.507 e. The maximum atomic E-state index is 13.2. The molecule has 1 aliphatic heterocycles. The number of pyridine rings is 1. The van der Waals surface area contributed by atoms with Crippen molar-refractivity contribution in [3.63, 3.8) is 0 Å². The van der Waals surface area contributed by atoms with E-state index >= 15 is 0 Å². The van der Waals surface area contributed by atoms with Crippen LogP contribution in [0.4, 0.5) is 0 Å². The molecule has 2 heterocycles. The minimum atomic E-state index is -0.814. The Morgan fingerprint density at radius 1 is 1.03 bits per heavy atom. The van der Waals surface area contributed by atoms with Crippen molar-refractivity contribution < 1.29 is 24.2 Å². The molecule has 0 aliphatic carbocycles.